The lowest BCUT2D eigenvalue weighted by molar-refractivity contribution is -0.156. The normalized spacial score (nSPS) is 28.5. The number of benzene rings is 1. The second kappa shape index (κ2) is 6.03. The van der Waals surface area contributed by atoms with Gasteiger partial charge in [0, 0.05) is 38.1 Å². The van der Waals surface area contributed by atoms with Crippen LogP contribution in [0.15, 0.2) is 24.3 Å². The molecule has 0 spiro atoms. The van der Waals surface area contributed by atoms with Gasteiger partial charge in [0.25, 0.3) is 5.91 Å². The maximum atomic E-state index is 14.3. The highest BCUT2D eigenvalue weighted by Crippen LogP contribution is 2.40. The molecule has 1 saturated carbocycles. The van der Waals surface area contributed by atoms with Gasteiger partial charge in [-0.05, 0) is 43.4 Å². The van der Waals surface area contributed by atoms with Gasteiger partial charge in [-0.2, -0.15) is 0 Å². The summed E-state index contributed by atoms with van der Waals surface area (Å²) in [5, 5.41) is 0. The number of nitrogens with zero attached hydrogens (tertiary/aromatic N) is 2. The molecule has 2 heterocycles. The lowest BCUT2D eigenvalue weighted by atomic mass is 9.78. The number of halogens is 1. The molecule has 1 aliphatic carbocycles. The Morgan fingerprint density at radius 1 is 1.38 bits per heavy atom. The molecular formula is C19H25FN2O2. The molecule has 1 aromatic rings. The summed E-state index contributed by atoms with van der Waals surface area (Å²) in [6, 6.07) is 8.70. The van der Waals surface area contributed by atoms with Crippen molar-refractivity contribution in [3.63, 3.8) is 0 Å². The second-order valence-corrected chi connectivity index (χ2v) is 7.47. The van der Waals surface area contributed by atoms with Gasteiger partial charge < -0.3 is 9.64 Å². The summed E-state index contributed by atoms with van der Waals surface area (Å²) in [7, 11) is 1.69. The lowest BCUT2D eigenvalue weighted by Gasteiger charge is -2.54. The number of ether oxygens (including phenoxy) is 1. The van der Waals surface area contributed by atoms with E-state index < -0.39 is 5.67 Å². The van der Waals surface area contributed by atoms with E-state index in [1.54, 1.807) is 12.0 Å². The molecule has 4 rings (SSSR count). The van der Waals surface area contributed by atoms with Crippen LogP contribution < -0.4 is 4.74 Å². The van der Waals surface area contributed by atoms with E-state index in [4.69, 9.17) is 4.74 Å². The largest absolute Gasteiger partial charge is 0.497 e. The molecule has 0 bridgehead atoms. The average molecular weight is 332 g/mol. The van der Waals surface area contributed by atoms with Crippen molar-refractivity contribution in [2.24, 2.45) is 5.92 Å². The van der Waals surface area contributed by atoms with Crippen molar-refractivity contribution in [1.29, 1.82) is 0 Å². The van der Waals surface area contributed by atoms with Crippen molar-refractivity contribution >= 4 is 5.91 Å². The minimum absolute atomic E-state index is 0.251. The van der Waals surface area contributed by atoms with Crippen molar-refractivity contribution in [1.82, 2.24) is 9.80 Å². The first kappa shape index (κ1) is 15.9. The smallest absolute Gasteiger partial charge is 0.260 e. The third-order valence-electron chi connectivity index (χ3n) is 5.97. The van der Waals surface area contributed by atoms with E-state index in [0.29, 0.717) is 31.3 Å². The van der Waals surface area contributed by atoms with Crippen molar-refractivity contribution in [2.45, 2.75) is 43.9 Å². The fourth-order valence-electron chi connectivity index (χ4n) is 4.33. The van der Waals surface area contributed by atoms with Crippen LogP contribution >= 0.6 is 0 Å². The summed E-state index contributed by atoms with van der Waals surface area (Å²) < 4.78 is 19.6. The van der Waals surface area contributed by atoms with Crippen LogP contribution in [0, 0.1) is 5.92 Å². The maximum absolute atomic E-state index is 14.3. The Morgan fingerprint density at radius 3 is 2.88 bits per heavy atom. The molecule has 2 saturated heterocycles. The first-order valence-electron chi connectivity index (χ1n) is 8.94. The van der Waals surface area contributed by atoms with Crippen LogP contribution in [0.4, 0.5) is 4.39 Å². The zero-order chi connectivity index (χ0) is 16.7. The highest BCUT2D eigenvalue weighted by atomic mass is 19.1. The van der Waals surface area contributed by atoms with Gasteiger partial charge in [-0.1, -0.05) is 12.1 Å². The first-order valence-corrected chi connectivity index (χ1v) is 8.94. The van der Waals surface area contributed by atoms with Gasteiger partial charge in [-0.3, -0.25) is 9.69 Å². The molecule has 2 unspecified atom stereocenters. The molecule has 4 nitrogen and oxygen atoms in total. The number of methoxy groups -OCH3 is 1. The monoisotopic (exact) mass is 332 g/mol. The predicted octanol–water partition coefficient (Wildman–Crippen LogP) is 2.62. The van der Waals surface area contributed by atoms with Crippen LogP contribution in [0.25, 0.3) is 0 Å². The highest BCUT2D eigenvalue weighted by Gasteiger charge is 2.50. The van der Waals surface area contributed by atoms with Gasteiger partial charge in [-0.25, -0.2) is 4.39 Å². The Labute approximate surface area is 142 Å². The average Bonchev–Trinajstić information content (AvgIpc) is 2.56. The summed E-state index contributed by atoms with van der Waals surface area (Å²) in [6.07, 6.45) is 2.63. The molecule has 130 valence electrons. The van der Waals surface area contributed by atoms with Crippen molar-refractivity contribution in [3.05, 3.63) is 29.8 Å². The molecule has 0 N–H and O–H groups in total. The highest BCUT2D eigenvalue weighted by molar-refractivity contribution is 5.86. The number of hydrogen-bond donors (Lipinski definition) is 0. The van der Waals surface area contributed by atoms with Gasteiger partial charge in [0.15, 0.2) is 5.67 Å². The van der Waals surface area contributed by atoms with E-state index in [2.05, 4.69) is 17.0 Å². The number of likely N-dealkylation sites (tertiary alicyclic amines) is 2. The summed E-state index contributed by atoms with van der Waals surface area (Å²) in [6.45, 7) is 3.33. The van der Waals surface area contributed by atoms with E-state index in [1.807, 2.05) is 12.1 Å². The minimum atomic E-state index is -1.54. The zero-order valence-electron chi connectivity index (χ0n) is 14.2. The fourth-order valence-corrected chi connectivity index (χ4v) is 4.33. The molecule has 5 heteroatoms. The standard InChI is InChI=1S/C19H25FN2O2/c1-24-16-5-2-4-14(10-16)11-22-13-15-12-21(9-6-17(15)22)18(23)19(20)7-3-8-19/h2,4-5,10,15,17H,3,6-9,11-13H2,1H3. The summed E-state index contributed by atoms with van der Waals surface area (Å²) in [4.78, 5) is 16.6. The van der Waals surface area contributed by atoms with E-state index >= 15 is 0 Å². The van der Waals surface area contributed by atoms with Crippen LogP contribution in [-0.2, 0) is 11.3 Å². The Hall–Kier alpha value is -1.62. The summed E-state index contributed by atoms with van der Waals surface area (Å²) >= 11 is 0. The fraction of sp³-hybridized carbons (Fsp3) is 0.632. The lowest BCUT2D eigenvalue weighted by Crippen LogP contribution is -2.65. The third kappa shape index (κ3) is 2.69. The molecule has 1 aromatic carbocycles. The number of carbonyl (C=O) groups excluding carboxylic acids is 1. The topological polar surface area (TPSA) is 32.8 Å². The van der Waals surface area contributed by atoms with Crippen molar-refractivity contribution in [2.75, 3.05) is 26.7 Å². The number of piperidine rings is 1. The number of carbonyl (C=O) groups is 1. The van der Waals surface area contributed by atoms with Crippen molar-refractivity contribution < 1.29 is 13.9 Å². The van der Waals surface area contributed by atoms with Gasteiger partial charge in [0.05, 0.1) is 7.11 Å². The molecule has 2 aliphatic heterocycles. The second-order valence-electron chi connectivity index (χ2n) is 7.47. The maximum Gasteiger partial charge on any atom is 0.260 e. The molecule has 3 fully saturated rings. The van der Waals surface area contributed by atoms with Gasteiger partial charge in [0.1, 0.15) is 5.75 Å². The molecule has 0 aromatic heterocycles. The number of amides is 1. The Bertz CT molecular complexity index is 632. The van der Waals surface area contributed by atoms with Gasteiger partial charge in [0.2, 0.25) is 0 Å². The minimum Gasteiger partial charge on any atom is -0.497 e. The van der Waals surface area contributed by atoms with Crippen LogP contribution in [0.5, 0.6) is 5.75 Å². The van der Waals surface area contributed by atoms with Crippen LogP contribution in [0.3, 0.4) is 0 Å². The number of fused-ring (bicyclic) bond motifs is 1. The number of hydrogen-bond acceptors (Lipinski definition) is 3. The van der Waals surface area contributed by atoms with E-state index in [9.17, 15) is 9.18 Å². The third-order valence-corrected chi connectivity index (χ3v) is 5.97. The Balaban J connectivity index is 1.33. The SMILES string of the molecule is COc1cccc(CN2CC3CN(C(=O)C4(F)CCC4)CCC32)c1. The van der Waals surface area contributed by atoms with E-state index in [0.717, 1.165) is 38.2 Å². The van der Waals surface area contributed by atoms with Crippen LogP contribution in [0.1, 0.15) is 31.2 Å². The summed E-state index contributed by atoms with van der Waals surface area (Å²) in [5.41, 5.74) is -0.292. The Kier molecular flexibility index (Phi) is 3.99. The predicted molar refractivity (Wildman–Crippen MR) is 89.6 cm³/mol. The van der Waals surface area contributed by atoms with Crippen LogP contribution in [0.2, 0.25) is 0 Å². The molecule has 0 radical (unpaired) electrons. The van der Waals surface area contributed by atoms with E-state index in [1.165, 1.54) is 5.56 Å². The molecule has 3 aliphatic rings. The van der Waals surface area contributed by atoms with E-state index in [-0.39, 0.29) is 5.91 Å². The quantitative estimate of drug-likeness (QED) is 0.850. The number of alkyl halides is 1. The molecular weight excluding hydrogens is 307 g/mol. The van der Waals surface area contributed by atoms with Gasteiger partial charge >= 0.3 is 0 Å². The molecule has 2 atom stereocenters. The van der Waals surface area contributed by atoms with Gasteiger partial charge in [-0.15, -0.1) is 0 Å². The number of rotatable bonds is 4. The van der Waals surface area contributed by atoms with Crippen molar-refractivity contribution in [3.8, 4) is 5.75 Å². The zero-order valence-corrected chi connectivity index (χ0v) is 14.2. The molecule has 1 amide bonds. The van der Waals surface area contributed by atoms with Crippen LogP contribution in [-0.4, -0.2) is 54.2 Å². The Morgan fingerprint density at radius 2 is 2.21 bits per heavy atom. The summed E-state index contributed by atoms with van der Waals surface area (Å²) in [5.74, 6) is 1.13. The molecule has 24 heavy (non-hydrogen) atoms. The first-order chi connectivity index (χ1) is 11.6.